The summed E-state index contributed by atoms with van der Waals surface area (Å²) >= 11 is 0. The van der Waals surface area contributed by atoms with Gasteiger partial charge < -0.3 is 16.2 Å². The van der Waals surface area contributed by atoms with Gasteiger partial charge in [0.25, 0.3) is 5.92 Å². The molecule has 1 rings (SSSR count). The van der Waals surface area contributed by atoms with Gasteiger partial charge in [0.2, 0.25) is 5.91 Å². The third-order valence-electron chi connectivity index (χ3n) is 3.14. The van der Waals surface area contributed by atoms with Crippen LogP contribution in [0.4, 0.5) is 8.78 Å². The lowest BCUT2D eigenvalue weighted by atomic mass is 9.80. The summed E-state index contributed by atoms with van der Waals surface area (Å²) in [5.41, 5.74) is 5.49. The molecule has 17 heavy (non-hydrogen) atoms. The van der Waals surface area contributed by atoms with Crippen LogP contribution in [0.5, 0.6) is 0 Å². The molecule has 4 nitrogen and oxygen atoms in total. The van der Waals surface area contributed by atoms with Crippen molar-refractivity contribution < 1.29 is 18.7 Å². The Hall–Kier alpha value is -0.750. The van der Waals surface area contributed by atoms with Crippen LogP contribution >= 0.6 is 0 Å². The first-order chi connectivity index (χ1) is 7.87. The van der Waals surface area contributed by atoms with Gasteiger partial charge in [0.1, 0.15) is 6.61 Å². The molecule has 0 bridgehead atoms. The second-order valence-electron chi connectivity index (χ2n) is 4.89. The number of rotatable bonds is 5. The van der Waals surface area contributed by atoms with Gasteiger partial charge >= 0.3 is 0 Å². The number of nitrogens with two attached hydrogens (primary N) is 1. The van der Waals surface area contributed by atoms with E-state index in [9.17, 15) is 13.6 Å². The highest BCUT2D eigenvalue weighted by Crippen LogP contribution is 2.28. The topological polar surface area (TPSA) is 75.4 Å². The van der Waals surface area contributed by atoms with Gasteiger partial charge in [-0.3, -0.25) is 4.79 Å². The molecule has 0 unspecified atom stereocenters. The van der Waals surface area contributed by atoms with Crippen molar-refractivity contribution in [2.24, 2.45) is 5.73 Å². The Labute approximate surface area is 99.6 Å². The van der Waals surface area contributed by atoms with E-state index in [0.717, 1.165) is 32.1 Å². The molecule has 1 fully saturated rings. The molecule has 1 saturated carbocycles. The monoisotopic (exact) mass is 250 g/mol. The highest BCUT2D eigenvalue weighted by atomic mass is 19.3. The van der Waals surface area contributed by atoms with Crippen LogP contribution in [0.15, 0.2) is 0 Å². The Morgan fingerprint density at radius 3 is 2.47 bits per heavy atom. The van der Waals surface area contributed by atoms with Crippen LogP contribution in [-0.2, 0) is 4.79 Å². The van der Waals surface area contributed by atoms with Gasteiger partial charge in [0.05, 0.1) is 6.54 Å². The van der Waals surface area contributed by atoms with E-state index in [1.165, 1.54) is 0 Å². The molecule has 0 spiro atoms. The second-order valence-corrected chi connectivity index (χ2v) is 4.89. The number of nitrogens with one attached hydrogen (secondary N) is 1. The predicted molar refractivity (Wildman–Crippen MR) is 59.7 cm³/mol. The molecule has 0 aliphatic heterocycles. The largest absolute Gasteiger partial charge is 0.390 e. The first-order valence-corrected chi connectivity index (χ1v) is 5.91. The zero-order valence-electron chi connectivity index (χ0n) is 9.85. The fourth-order valence-corrected chi connectivity index (χ4v) is 2.10. The molecule has 100 valence electrons. The van der Waals surface area contributed by atoms with E-state index >= 15 is 0 Å². The van der Waals surface area contributed by atoms with E-state index in [1.807, 2.05) is 0 Å². The van der Waals surface area contributed by atoms with Gasteiger partial charge in [-0.25, -0.2) is 8.78 Å². The normalized spacial score (nSPS) is 20.0. The molecule has 0 saturated heterocycles. The number of carbonyl (C=O) groups is 1. The lowest BCUT2D eigenvalue weighted by molar-refractivity contribution is -0.125. The molecule has 0 aromatic heterocycles. The highest BCUT2D eigenvalue weighted by molar-refractivity contribution is 5.77. The van der Waals surface area contributed by atoms with E-state index in [2.05, 4.69) is 5.32 Å². The maximum Gasteiger partial charge on any atom is 0.287 e. The fraction of sp³-hybridized carbons (Fsp3) is 0.909. The molecule has 1 aliphatic rings. The molecule has 1 aliphatic carbocycles. The number of aliphatic hydroxyl groups excluding tert-OH is 1. The molecule has 0 heterocycles. The van der Waals surface area contributed by atoms with Crippen LogP contribution in [0.25, 0.3) is 0 Å². The Balaban J connectivity index is 2.33. The summed E-state index contributed by atoms with van der Waals surface area (Å²) < 4.78 is 25.4. The summed E-state index contributed by atoms with van der Waals surface area (Å²) in [4.78, 5) is 11.5. The Bertz CT molecular complexity index is 266. The van der Waals surface area contributed by atoms with Crippen molar-refractivity contribution in [1.82, 2.24) is 5.32 Å². The maximum absolute atomic E-state index is 12.7. The number of hydrogen-bond acceptors (Lipinski definition) is 3. The third kappa shape index (κ3) is 4.95. The quantitative estimate of drug-likeness (QED) is 0.675. The zero-order valence-corrected chi connectivity index (χ0v) is 9.85. The molecule has 0 aromatic rings. The van der Waals surface area contributed by atoms with Crippen LogP contribution in [0.2, 0.25) is 0 Å². The number of aliphatic hydroxyl groups is 1. The Morgan fingerprint density at radius 1 is 1.35 bits per heavy atom. The van der Waals surface area contributed by atoms with E-state index in [1.54, 1.807) is 0 Å². The maximum atomic E-state index is 12.7. The van der Waals surface area contributed by atoms with Crippen molar-refractivity contribution in [3.63, 3.8) is 0 Å². The van der Waals surface area contributed by atoms with Crippen LogP contribution in [0, 0.1) is 0 Å². The molecule has 0 aromatic carbocycles. The number of amides is 1. The van der Waals surface area contributed by atoms with Crippen molar-refractivity contribution in [3.8, 4) is 0 Å². The van der Waals surface area contributed by atoms with Gasteiger partial charge in [-0.1, -0.05) is 19.3 Å². The van der Waals surface area contributed by atoms with E-state index in [4.69, 9.17) is 10.8 Å². The lowest BCUT2D eigenvalue weighted by Crippen LogP contribution is -2.47. The minimum Gasteiger partial charge on any atom is -0.390 e. The van der Waals surface area contributed by atoms with Crippen molar-refractivity contribution in [3.05, 3.63) is 0 Å². The lowest BCUT2D eigenvalue weighted by Gasteiger charge is -2.32. The first kappa shape index (κ1) is 14.3. The summed E-state index contributed by atoms with van der Waals surface area (Å²) in [5, 5.41) is 10.5. The van der Waals surface area contributed by atoms with Gasteiger partial charge in [-0.15, -0.1) is 0 Å². The summed E-state index contributed by atoms with van der Waals surface area (Å²) in [7, 11) is 0. The fourth-order valence-electron chi connectivity index (χ4n) is 2.10. The van der Waals surface area contributed by atoms with Gasteiger partial charge in [0.15, 0.2) is 0 Å². The average molecular weight is 250 g/mol. The minimum absolute atomic E-state index is 0.0779. The molecule has 0 radical (unpaired) electrons. The molecule has 4 N–H and O–H groups in total. The molecular weight excluding hydrogens is 230 g/mol. The summed E-state index contributed by atoms with van der Waals surface area (Å²) in [6.07, 6.45) is 4.68. The second kappa shape index (κ2) is 5.73. The van der Waals surface area contributed by atoms with Crippen molar-refractivity contribution >= 4 is 5.91 Å². The SMILES string of the molecule is NC1(CC(=O)NCC(F)(F)CO)CCCCC1. The van der Waals surface area contributed by atoms with Gasteiger partial charge in [0, 0.05) is 12.0 Å². The van der Waals surface area contributed by atoms with Crippen LogP contribution < -0.4 is 11.1 Å². The highest BCUT2D eigenvalue weighted by Gasteiger charge is 2.32. The molecule has 0 atom stereocenters. The third-order valence-corrected chi connectivity index (χ3v) is 3.14. The number of hydrogen-bond donors (Lipinski definition) is 3. The van der Waals surface area contributed by atoms with E-state index in [0.29, 0.717) is 0 Å². The minimum atomic E-state index is -3.26. The molecular formula is C11H20F2N2O2. The first-order valence-electron chi connectivity index (χ1n) is 5.91. The van der Waals surface area contributed by atoms with Crippen LogP contribution in [0.3, 0.4) is 0 Å². The number of alkyl halides is 2. The van der Waals surface area contributed by atoms with Crippen molar-refractivity contribution in [1.29, 1.82) is 0 Å². The van der Waals surface area contributed by atoms with Gasteiger partial charge in [-0.2, -0.15) is 0 Å². The van der Waals surface area contributed by atoms with Gasteiger partial charge in [-0.05, 0) is 12.8 Å². The van der Waals surface area contributed by atoms with Crippen molar-refractivity contribution in [2.45, 2.75) is 50.0 Å². The number of halogens is 2. The molecule has 1 amide bonds. The van der Waals surface area contributed by atoms with Crippen LogP contribution in [-0.4, -0.2) is 35.6 Å². The van der Waals surface area contributed by atoms with Crippen molar-refractivity contribution in [2.75, 3.05) is 13.2 Å². The smallest absolute Gasteiger partial charge is 0.287 e. The van der Waals surface area contributed by atoms with E-state index in [-0.39, 0.29) is 6.42 Å². The Morgan fingerprint density at radius 2 is 1.94 bits per heavy atom. The Kier molecular flexibility index (Phi) is 4.82. The predicted octanol–water partition coefficient (Wildman–Crippen LogP) is 0.782. The average Bonchev–Trinajstić information content (AvgIpc) is 2.27. The number of carbonyl (C=O) groups excluding carboxylic acids is 1. The van der Waals surface area contributed by atoms with E-state index < -0.39 is 30.5 Å². The molecule has 6 heteroatoms. The van der Waals surface area contributed by atoms with Crippen LogP contribution in [0.1, 0.15) is 38.5 Å². The standard InChI is InChI=1S/C11H20F2N2O2/c12-11(13,8-16)7-15-9(17)6-10(14)4-2-1-3-5-10/h16H,1-8,14H2,(H,15,17). The zero-order chi connectivity index (χ0) is 12.9. The summed E-state index contributed by atoms with van der Waals surface area (Å²) in [5.74, 6) is -3.73. The summed E-state index contributed by atoms with van der Waals surface area (Å²) in [6, 6.07) is 0. The summed E-state index contributed by atoms with van der Waals surface area (Å²) in [6.45, 7) is -2.10.